The molecular formula is C16H15NO3. The Morgan fingerprint density at radius 1 is 1.30 bits per heavy atom. The second kappa shape index (κ2) is 3.95. The van der Waals surface area contributed by atoms with Crippen molar-refractivity contribution < 1.29 is 14.7 Å². The monoisotopic (exact) mass is 269 g/mol. The van der Waals surface area contributed by atoms with Gasteiger partial charge in [-0.25, -0.2) is 0 Å². The molecule has 102 valence electrons. The summed E-state index contributed by atoms with van der Waals surface area (Å²) in [7, 11) is 0. The number of fused-ring (bicyclic) bond motifs is 3. The number of para-hydroxylation sites is 1. The number of Topliss-reactive ketones (excluding diaryl/α,β-unsaturated/α-hetero) is 1. The topological polar surface area (TPSA) is 59.3 Å². The molecule has 1 aromatic heterocycles. The molecule has 4 heteroatoms. The van der Waals surface area contributed by atoms with Crippen molar-refractivity contribution in [3.8, 4) is 0 Å². The van der Waals surface area contributed by atoms with E-state index < -0.39 is 11.9 Å². The first-order valence-corrected chi connectivity index (χ1v) is 7.06. The smallest absolute Gasteiger partial charge is 0.307 e. The van der Waals surface area contributed by atoms with Crippen molar-refractivity contribution in [3.63, 3.8) is 0 Å². The highest BCUT2D eigenvalue weighted by atomic mass is 16.4. The van der Waals surface area contributed by atoms with Crippen molar-refractivity contribution in [2.75, 3.05) is 0 Å². The first-order valence-electron chi connectivity index (χ1n) is 7.06. The summed E-state index contributed by atoms with van der Waals surface area (Å²) in [5.41, 5.74) is 4.16. The maximum absolute atomic E-state index is 12.4. The van der Waals surface area contributed by atoms with Crippen LogP contribution in [0.15, 0.2) is 18.2 Å². The van der Waals surface area contributed by atoms with Gasteiger partial charge in [0.1, 0.15) is 0 Å². The summed E-state index contributed by atoms with van der Waals surface area (Å²) >= 11 is 0. The molecule has 4 nitrogen and oxygen atoms in total. The first-order chi connectivity index (χ1) is 9.66. The molecule has 1 aromatic carbocycles. The lowest BCUT2D eigenvalue weighted by Crippen LogP contribution is -2.27. The van der Waals surface area contributed by atoms with Crippen LogP contribution in [0.1, 0.15) is 34.5 Å². The van der Waals surface area contributed by atoms with E-state index in [4.69, 9.17) is 0 Å². The SMILES string of the molecule is O=C1CC(C(=O)O)Cc2c1c1cccc3c1n2CCC3. The van der Waals surface area contributed by atoms with Gasteiger partial charge in [-0.3, -0.25) is 9.59 Å². The molecule has 0 radical (unpaired) electrons. The maximum Gasteiger partial charge on any atom is 0.307 e. The van der Waals surface area contributed by atoms with Gasteiger partial charge < -0.3 is 9.67 Å². The van der Waals surface area contributed by atoms with E-state index in [2.05, 4.69) is 10.6 Å². The van der Waals surface area contributed by atoms with E-state index in [1.165, 1.54) is 5.56 Å². The molecule has 2 heterocycles. The van der Waals surface area contributed by atoms with Crippen molar-refractivity contribution in [2.45, 2.75) is 32.2 Å². The van der Waals surface area contributed by atoms with Gasteiger partial charge in [0.05, 0.1) is 11.4 Å². The number of benzene rings is 1. The summed E-state index contributed by atoms with van der Waals surface area (Å²) in [5.74, 6) is -1.44. The number of hydrogen-bond donors (Lipinski definition) is 1. The lowest BCUT2D eigenvalue weighted by molar-refractivity contribution is -0.141. The molecule has 0 spiro atoms. The molecule has 1 unspecified atom stereocenters. The van der Waals surface area contributed by atoms with Crippen LogP contribution in [0, 0.1) is 5.92 Å². The Morgan fingerprint density at radius 3 is 2.95 bits per heavy atom. The van der Waals surface area contributed by atoms with Crippen LogP contribution < -0.4 is 0 Å². The number of hydrogen-bond acceptors (Lipinski definition) is 2. The zero-order valence-corrected chi connectivity index (χ0v) is 11.1. The lowest BCUT2D eigenvalue weighted by atomic mass is 9.86. The van der Waals surface area contributed by atoms with Crippen molar-refractivity contribution in [3.05, 3.63) is 35.0 Å². The van der Waals surface area contributed by atoms with Crippen LogP contribution >= 0.6 is 0 Å². The largest absolute Gasteiger partial charge is 0.481 e. The van der Waals surface area contributed by atoms with E-state index in [0.29, 0.717) is 6.42 Å². The van der Waals surface area contributed by atoms with Gasteiger partial charge >= 0.3 is 5.97 Å². The molecule has 0 amide bonds. The number of aromatic nitrogens is 1. The number of carbonyl (C=O) groups is 2. The summed E-state index contributed by atoms with van der Waals surface area (Å²) in [5, 5.41) is 10.2. The van der Waals surface area contributed by atoms with Gasteiger partial charge in [0.2, 0.25) is 0 Å². The number of nitrogens with zero attached hydrogens (tertiary/aromatic N) is 1. The van der Waals surface area contributed by atoms with Crippen LogP contribution in [-0.2, 0) is 24.2 Å². The van der Waals surface area contributed by atoms with Crippen LogP contribution in [0.25, 0.3) is 10.9 Å². The standard InChI is InChI=1S/C16H15NO3/c18-13-8-10(16(19)20)7-12-14(13)11-5-1-3-9-4-2-6-17(12)15(9)11/h1,3,5,10H,2,4,6-8H2,(H,19,20). The van der Waals surface area contributed by atoms with Gasteiger partial charge in [-0.1, -0.05) is 18.2 Å². The molecule has 1 aliphatic heterocycles. The Hall–Kier alpha value is -2.10. The fourth-order valence-electron chi connectivity index (χ4n) is 3.74. The molecule has 20 heavy (non-hydrogen) atoms. The number of carboxylic acid groups (broad SMARTS) is 1. The fourth-order valence-corrected chi connectivity index (χ4v) is 3.74. The van der Waals surface area contributed by atoms with Crippen LogP contribution in [0.4, 0.5) is 0 Å². The van der Waals surface area contributed by atoms with Crippen LogP contribution in [0.3, 0.4) is 0 Å². The van der Waals surface area contributed by atoms with Gasteiger partial charge in [0.25, 0.3) is 0 Å². The number of aryl methyl sites for hydroxylation is 2. The normalized spacial score (nSPS) is 21.0. The van der Waals surface area contributed by atoms with E-state index in [1.54, 1.807) is 0 Å². The van der Waals surface area contributed by atoms with Crippen LogP contribution in [-0.4, -0.2) is 21.4 Å². The van der Waals surface area contributed by atoms with Crippen molar-refractivity contribution in [1.29, 1.82) is 0 Å². The molecule has 2 aliphatic rings. The average Bonchev–Trinajstić information content (AvgIpc) is 2.77. The molecular weight excluding hydrogens is 254 g/mol. The highest BCUT2D eigenvalue weighted by Crippen LogP contribution is 2.38. The van der Waals surface area contributed by atoms with Gasteiger partial charge in [0.15, 0.2) is 5.78 Å². The summed E-state index contributed by atoms with van der Waals surface area (Å²) in [6.45, 7) is 0.891. The molecule has 0 saturated heterocycles. The van der Waals surface area contributed by atoms with Crippen molar-refractivity contribution in [2.24, 2.45) is 5.92 Å². The van der Waals surface area contributed by atoms with Crippen LogP contribution in [0.5, 0.6) is 0 Å². The highest BCUT2D eigenvalue weighted by molar-refractivity contribution is 6.12. The van der Waals surface area contributed by atoms with Gasteiger partial charge in [0, 0.05) is 36.0 Å². The molecule has 4 rings (SSSR count). The highest BCUT2D eigenvalue weighted by Gasteiger charge is 2.35. The molecule has 2 aromatic rings. The minimum atomic E-state index is -0.863. The second-order valence-electron chi connectivity index (χ2n) is 5.76. The first kappa shape index (κ1) is 11.7. The Kier molecular flexibility index (Phi) is 2.31. The Morgan fingerprint density at radius 2 is 2.15 bits per heavy atom. The second-order valence-corrected chi connectivity index (χ2v) is 5.76. The number of ketones is 1. The molecule has 1 aliphatic carbocycles. The van der Waals surface area contributed by atoms with Gasteiger partial charge in [-0.15, -0.1) is 0 Å². The lowest BCUT2D eigenvalue weighted by Gasteiger charge is -2.22. The third kappa shape index (κ3) is 1.42. The van der Waals surface area contributed by atoms with Gasteiger partial charge in [-0.05, 0) is 18.4 Å². The molecule has 0 bridgehead atoms. The molecule has 0 saturated carbocycles. The predicted octanol–water partition coefficient (Wildman–Crippen LogP) is 2.42. The summed E-state index contributed by atoms with van der Waals surface area (Å²) in [6, 6.07) is 6.12. The molecule has 1 atom stereocenters. The fraction of sp³-hybridized carbons (Fsp3) is 0.375. The number of carbonyl (C=O) groups excluding carboxylic acids is 1. The minimum Gasteiger partial charge on any atom is -0.481 e. The zero-order valence-electron chi connectivity index (χ0n) is 11.1. The minimum absolute atomic E-state index is 0.0125. The third-order valence-corrected chi connectivity index (χ3v) is 4.60. The number of rotatable bonds is 1. The summed E-state index contributed by atoms with van der Waals surface area (Å²) < 4.78 is 2.19. The van der Waals surface area contributed by atoms with Crippen LogP contribution in [0.2, 0.25) is 0 Å². The maximum atomic E-state index is 12.4. The van der Waals surface area contributed by atoms with Gasteiger partial charge in [-0.2, -0.15) is 0 Å². The van der Waals surface area contributed by atoms with E-state index in [0.717, 1.165) is 41.5 Å². The zero-order chi connectivity index (χ0) is 13.9. The predicted molar refractivity (Wildman–Crippen MR) is 74.0 cm³/mol. The average molecular weight is 269 g/mol. The van der Waals surface area contributed by atoms with E-state index in [-0.39, 0.29) is 12.2 Å². The van der Waals surface area contributed by atoms with E-state index >= 15 is 0 Å². The number of aliphatic carboxylic acids is 1. The Labute approximate surface area is 116 Å². The van der Waals surface area contributed by atoms with Crippen molar-refractivity contribution in [1.82, 2.24) is 4.57 Å². The van der Waals surface area contributed by atoms with E-state index in [1.807, 2.05) is 12.1 Å². The number of carboxylic acids is 1. The third-order valence-electron chi connectivity index (χ3n) is 4.60. The molecule has 1 N–H and O–H groups in total. The Bertz CT molecular complexity index is 757. The Balaban J connectivity index is 2.03. The summed E-state index contributed by atoms with van der Waals surface area (Å²) in [4.78, 5) is 23.6. The summed E-state index contributed by atoms with van der Waals surface area (Å²) in [6.07, 6.45) is 2.70. The quantitative estimate of drug-likeness (QED) is 0.865. The van der Waals surface area contributed by atoms with Crippen molar-refractivity contribution >= 4 is 22.7 Å². The molecule has 0 fully saturated rings. The van der Waals surface area contributed by atoms with E-state index in [9.17, 15) is 14.7 Å².